The minimum absolute atomic E-state index is 0.168. The van der Waals surface area contributed by atoms with Crippen molar-refractivity contribution in [3.63, 3.8) is 0 Å². The number of anilines is 1. The highest BCUT2D eigenvalue weighted by molar-refractivity contribution is 7.22. The van der Waals surface area contributed by atoms with Gasteiger partial charge in [0.1, 0.15) is 0 Å². The number of ether oxygens (including phenoxy) is 1. The summed E-state index contributed by atoms with van der Waals surface area (Å²) in [4.78, 5) is 0. The number of hydrogen-bond acceptors (Lipinski definition) is 4. The summed E-state index contributed by atoms with van der Waals surface area (Å²) >= 11 is 1.46. The predicted octanol–water partition coefficient (Wildman–Crippen LogP) is 2.59. The van der Waals surface area contributed by atoms with Crippen LogP contribution in [0.1, 0.15) is 6.92 Å². The Kier molecular flexibility index (Phi) is 2.21. The van der Waals surface area contributed by atoms with Gasteiger partial charge in [0, 0.05) is 10.8 Å². The van der Waals surface area contributed by atoms with E-state index in [0.717, 1.165) is 15.1 Å². The van der Waals surface area contributed by atoms with Crippen LogP contribution in [0.25, 0.3) is 10.1 Å². The van der Waals surface area contributed by atoms with Gasteiger partial charge in [0.25, 0.3) is 0 Å². The maximum atomic E-state index is 9.59. The summed E-state index contributed by atoms with van der Waals surface area (Å²) in [7, 11) is 0. The van der Waals surface area contributed by atoms with Gasteiger partial charge in [-0.05, 0) is 24.4 Å². The largest absolute Gasteiger partial charge is 0.504 e. The zero-order valence-electron chi connectivity index (χ0n) is 7.78. The second-order valence-electron chi connectivity index (χ2n) is 2.94. The molecule has 0 bridgehead atoms. The fourth-order valence-electron chi connectivity index (χ4n) is 1.35. The highest BCUT2D eigenvalue weighted by Gasteiger charge is 2.06. The van der Waals surface area contributed by atoms with Gasteiger partial charge in [-0.15, -0.1) is 11.3 Å². The van der Waals surface area contributed by atoms with Crippen molar-refractivity contribution < 1.29 is 9.84 Å². The molecule has 0 amide bonds. The molecule has 1 heterocycles. The average Bonchev–Trinajstić information content (AvgIpc) is 2.45. The number of nitrogens with two attached hydrogens (primary N) is 1. The van der Waals surface area contributed by atoms with E-state index in [4.69, 9.17) is 10.5 Å². The summed E-state index contributed by atoms with van der Waals surface area (Å²) in [6.45, 7) is 2.42. The first-order chi connectivity index (χ1) is 6.70. The minimum atomic E-state index is 0.168. The lowest BCUT2D eigenvalue weighted by Crippen LogP contribution is -1.90. The highest BCUT2D eigenvalue weighted by Crippen LogP contribution is 2.36. The number of aromatic hydroxyl groups is 1. The highest BCUT2D eigenvalue weighted by atomic mass is 32.1. The van der Waals surface area contributed by atoms with Crippen LogP contribution in [0.5, 0.6) is 11.5 Å². The van der Waals surface area contributed by atoms with Crippen LogP contribution in [0.4, 0.5) is 5.00 Å². The van der Waals surface area contributed by atoms with Gasteiger partial charge >= 0.3 is 0 Å². The molecule has 74 valence electrons. The van der Waals surface area contributed by atoms with Crippen LogP contribution in [0.15, 0.2) is 18.2 Å². The Morgan fingerprint density at radius 3 is 2.93 bits per heavy atom. The van der Waals surface area contributed by atoms with Gasteiger partial charge in [-0.3, -0.25) is 0 Å². The molecule has 1 aromatic carbocycles. The number of nitrogen functional groups attached to an aromatic ring is 1. The Balaban J connectivity index is 2.58. The lowest BCUT2D eigenvalue weighted by molar-refractivity contribution is 0.319. The molecule has 0 saturated carbocycles. The summed E-state index contributed by atoms with van der Waals surface area (Å²) in [5.41, 5.74) is 5.66. The normalized spacial score (nSPS) is 10.6. The molecule has 2 aromatic rings. The Hall–Kier alpha value is -1.42. The first-order valence-electron chi connectivity index (χ1n) is 4.35. The molecular weight excluding hydrogens is 198 g/mol. The van der Waals surface area contributed by atoms with Crippen LogP contribution in [0, 0.1) is 0 Å². The van der Waals surface area contributed by atoms with Gasteiger partial charge in [0.2, 0.25) is 0 Å². The minimum Gasteiger partial charge on any atom is -0.504 e. The van der Waals surface area contributed by atoms with Crippen LogP contribution in [0.3, 0.4) is 0 Å². The maximum Gasteiger partial charge on any atom is 0.161 e. The molecule has 0 aliphatic heterocycles. The molecule has 0 saturated heterocycles. The number of phenols is 1. The van der Waals surface area contributed by atoms with Crippen LogP contribution in [-0.4, -0.2) is 11.7 Å². The van der Waals surface area contributed by atoms with Gasteiger partial charge in [-0.2, -0.15) is 0 Å². The van der Waals surface area contributed by atoms with E-state index in [1.54, 1.807) is 12.1 Å². The molecule has 0 spiro atoms. The zero-order chi connectivity index (χ0) is 10.1. The fourth-order valence-corrected chi connectivity index (χ4v) is 2.19. The molecule has 1 aromatic heterocycles. The lowest BCUT2D eigenvalue weighted by atomic mass is 10.2. The van der Waals surface area contributed by atoms with Gasteiger partial charge in [0.05, 0.1) is 11.6 Å². The van der Waals surface area contributed by atoms with Crippen molar-refractivity contribution in [3.05, 3.63) is 18.2 Å². The standard InChI is InChI=1S/C10H11NO2S/c1-2-13-8-3-6-4-10(11)14-9(6)5-7(8)12/h3-5,12H,2,11H2,1H3. The number of fused-ring (bicyclic) bond motifs is 1. The molecule has 0 unspecified atom stereocenters. The molecule has 0 aliphatic rings. The van der Waals surface area contributed by atoms with Crippen LogP contribution in [-0.2, 0) is 0 Å². The predicted molar refractivity (Wildman–Crippen MR) is 59.1 cm³/mol. The Bertz CT molecular complexity index is 464. The zero-order valence-corrected chi connectivity index (χ0v) is 8.60. The van der Waals surface area contributed by atoms with Crippen molar-refractivity contribution in [2.45, 2.75) is 6.92 Å². The summed E-state index contributed by atoms with van der Waals surface area (Å²) < 4.78 is 6.24. The quantitative estimate of drug-likeness (QED) is 0.799. The number of hydrogen-bond donors (Lipinski definition) is 2. The summed E-state index contributed by atoms with van der Waals surface area (Å²) in [6.07, 6.45) is 0. The van der Waals surface area contributed by atoms with Gasteiger partial charge in [0.15, 0.2) is 11.5 Å². The van der Waals surface area contributed by atoms with E-state index < -0.39 is 0 Å². The molecule has 0 radical (unpaired) electrons. The average molecular weight is 209 g/mol. The van der Waals surface area contributed by atoms with E-state index in [1.807, 2.05) is 13.0 Å². The number of rotatable bonds is 2. The van der Waals surface area contributed by atoms with Crippen molar-refractivity contribution in [2.75, 3.05) is 12.3 Å². The number of thiophene rings is 1. The van der Waals surface area contributed by atoms with Crippen molar-refractivity contribution in [2.24, 2.45) is 0 Å². The van der Waals surface area contributed by atoms with Crippen molar-refractivity contribution in [1.82, 2.24) is 0 Å². The molecular formula is C10H11NO2S. The third-order valence-corrected chi connectivity index (χ3v) is 2.84. The van der Waals surface area contributed by atoms with E-state index in [2.05, 4.69) is 0 Å². The fraction of sp³-hybridized carbons (Fsp3) is 0.200. The van der Waals surface area contributed by atoms with Crippen LogP contribution < -0.4 is 10.5 Å². The molecule has 0 atom stereocenters. The molecule has 3 nitrogen and oxygen atoms in total. The third-order valence-electron chi connectivity index (χ3n) is 1.92. The lowest BCUT2D eigenvalue weighted by Gasteiger charge is -2.04. The van der Waals surface area contributed by atoms with Crippen molar-refractivity contribution in [1.29, 1.82) is 0 Å². The molecule has 0 aliphatic carbocycles. The number of benzene rings is 1. The summed E-state index contributed by atoms with van der Waals surface area (Å²) in [6, 6.07) is 5.37. The van der Waals surface area contributed by atoms with E-state index in [9.17, 15) is 5.11 Å². The molecule has 4 heteroatoms. The number of phenolic OH excluding ortho intramolecular Hbond substituents is 1. The Morgan fingerprint density at radius 1 is 1.43 bits per heavy atom. The molecule has 0 fully saturated rings. The first kappa shape index (κ1) is 9.15. The van der Waals surface area contributed by atoms with Gasteiger partial charge < -0.3 is 15.6 Å². The topological polar surface area (TPSA) is 55.5 Å². The summed E-state index contributed by atoms with van der Waals surface area (Å²) in [5, 5.41) is 11.3. The van der Waals surface area contributed by atoms with E-state index in [0.29, 0.717) is 12.4 Å². The SMILES string of the molecule is CCOc1cc2cc(N)sc2cc1O. The van der Waals surface area contributed by atoms with Gasteiger partial charge in [-0.1, -0.05) is 0 Å². The second-order valence-corrected chi connectivity index (χ2v) is 4.05. The molecule has 2 rings (SSSR count). The maximum absolute atomic E-state index is 9.59. The van der Waals surface area contributed by atoms with Gasteiger partial charge in [-0.25, -0.2) is 0 Å². The molecule has 3 N–H and O–H groups in total. The van der Waals surface area contributed by atoms with Crippen molar-refractivity contribution >= 4 is 26.4 Å². The molecule has 14 heavy (non-hydrogen) atoms. The summed E-state index contributed by atoms with van der Waals surface area (Å²) in [5.74, 6) is 0.680. The first-order valence-corrected chi connectivity index (χ1v) is 5.17. The monoisotopic (exact) mass is 209 g/mol. The van der Waals surface area contributed by atoms with E-state index in [1.165, 1.54) is 11.3 Å². The van der Waals surface area contributed by atoms with Crippen LogP contribution >= 0.6 is 11.3 Å². The van der Waals surface area contributed by atoms with Crippen LogP contribution in [0.2, 0.25) is 0 Å². The Labute approximate surface area is 85.7 Å². The van der Waals surface area contributed by atoms with E-state index in [-0.39, 0.29) is 5.75 Å². The third kappa shape index (κ3) is 1.48. The van der Waals surface area contributed by atoms with Crippen molar-refractivity contribution in [3.8, 4) is 11.5 Å². The Morgan fingerprint density at radius 2 is 2.21 bits per heavy atom. The second kappa shape index (κ2) is 3.38. The van der Waals surface area contributed by atoms with E-state index >= 15 is 0 Å². The smallest absolute Gasteiger partial charge is 0.161 e.